The van der Waals surface area contributed by atoms with E-state index in [0.29, 0.717) is 18.6 Å². The summed E-state index contributed by atoms with van der Waals surface area (Å²) in [6, 6.07) is 0.389. The first-order valence-corrected chi connectivity index (χ1v) is 6.70. The van der Waals surface area contributed by atoms with Crippen molar-refractivity contribution in [3.05, 3.63) is 0 Å². The topological polar surface area (TPSA) is 21.7 Å². The van der Waals surface area contributed by atoms with E-state index in [9.17, 15) is 4.39 Å². The zero-order valence-corrected chi connectivity index (χ0v) is 11.3. The zero-order chi connectivity index (χ0) is 12.7. The van der Waals surface area contributed by atoms with Gasteiger partial charge in [0.25, 0.3) is 0 Å². The molecule has 0 aromatic heterocycles. The number of ether oxygens (including phenoxy) is 2. The molecule has 0 radical (unpaired) electrons. The Balaban J connectivity index is 2.39. The molecule has 1 heterocycles. The van der Waals surface area contributed by atoms with Crippen LogP contribution in [0.15, 0.2) is 0 Å². The lowest BCUT2D eigenvalue weighted by atomic mass is 10.2. The number of halogens is 1. The van der Waals surface area contributed by atoms with Crippen LogP contribution in [-0.2, 0) is 9.47 Å². The number of nitrogens with zero attached hydrogens (tertiary/aromatic N) is 1. The quantitative estimate of drug-likeness (QED) is 0.656. The second kappa shape index (κ2) is 8.01. The Hall–Kier alpha value is -0.190. The fraction of sp³-hybridized carbons (Fsp3) is 1.00. The molecular formula is C13H26FNO2. The van der Waals surface area contributed by atoms with E-state index in [2.05, 4.69) is 4.90 Å². The van der Waals surface area contributed by atoms with Crippen molar-refractivity contribution >= 4 is 0 Å². The molecule has 0 aliphatic carbocycles. The first-order chi connectivity index (χ1) is 8.17. The molecule has 1 saturated heterocycles. The maximum absolute atomic E-state index is 12.2. The maximum Gasteiger partial charge on any atom is 0.0906 e. The lowest BCUT2D eigenvalue weighted by molar-refractivity contribution is 0.0363. The van der Waals surface area contributed by atoms with Gasteiger partial charge in [-0.25, -0.2) is 0 Å². The Kier molecular flexibility index (Phi) is 7.00. The molecule has 0 saturated carbocycles. The molecule has 17 heavy (non-hydrogen) atoms. The van der Waals surface area contributed by atoms with Crippen LogP contribution in [0.1, 0.15) is 33.6 Å². The van der Waals surface area contributed by atoms with Gasteiger partial charge in [0.05, 0.1) is 25.5 Å². The highest BCUT2D eigenvalue weighted by Crippen LogP contribution is 2.21. The van der Waals surface area contributed by atoms with E-state index in [0.717, 1.165) is 32.7 Å². The number of hydrogen-bond donors (Lipinski definition) is 0. The minimum Gasteiger partial charge on any atom is -0.377 e. The molecule has 4 heteroatoms. The Morgan fingerprint density at radius 3 is 2.76 bits per heavy atom. The van der Waals surface area contributed by atoms with Crippen molar-refractivity contribution in [2.24, 2.45) is 0 Å². The minimum absolute atomic E-state index is 0.243. The van der Waals surface area contributed by atoms with Crippen LogP contribution in [0.4, 0.5) is 4.39 Å². The molecule has 3 nitrogen and oxygen atoms in total. The van der Waals surface area contributed by atoms with Crippen LogP contribution in [-0.4, -0.2) is 56.1 Å². The van der Waals surface area contributed by atoms with E-state index in [1.165, 1.54) is 0 Å². The summed E-state index contributed by atoms with van der Waals surface area (Å²) >= 11 is 0. The van der Waals surface area contributed by atoms with Gasteiger partial charge in [0.15, 0.2) is 0 Å². The van der Waals surface area contributed by atoms with Gasteiger partial charge in [0.1, 0.15) is 0 Å². The van der Waals surface area contributed by atoms with Crippen LogP contribution in [0.3, 0.4) is 0 Å². The maximum atomic E-state index is 12.2. The number of alkyl halides is 1. The molecule has 0 bridgehead atoms. The molecule has 2 unspecified atom stereocenters. The standard InChI is InChI=1S/C13H26FNO2/c1-4-16-13-8-12(10-17-11(2)3)15(9-13)7-5-6-14/h11-13H,4-10H2,1-3H3. The molecule has 1 rings (SSSR count). The van der Waals surface area contributed by atoms with Crippen LogP contribution in [0, 0.1) is 0 Å². The summed E-state index contributed by atoms with van der Waals surface area (Å²) in [6.45, 7) is 9.07. The zero-order valence-electron chi connectivity index (χ0n) is 11.3. The van der Waals surface area contributed by atoms with Crippen LogP contribution in [0.25, 0.3) is 0 Å². The Morgan fingerprint density at radius 1 is 1.41 bits per heavy atom. The van der Waals surface area contributed by atoms with Crippen molar-refractivity contribution in [2.45, 2.75) is 51.9 Å². The van der Waals surface area contributed by atoms with E-state index in [1.807, 2.05) is 20.8 Å². The number of hydrogen-bond acceptors (Lipinski definition) is 3. The second-order valence-electron chi connectivity index (χ2n) is 4.89. The third-order valence-corrected chi connectivity index (χ3v) is 3.09. The average molecular weight is 247 g/mol. The highest BCUT2D eigenvalue weighted by atomic mass is 19.1. The Labute approximate surface area is 104 Å². The summed E-state index contributed by atoms with van der Waals surface area (Å²) < 4.78 is 23.6. The molecule has 0 aromatic carbocycles. The van der Waals surface area contributed by atoms with Gasteiger partial charge in [-0.05, 0) is 33.6 Å². The van der Waals surface area contributed by atoms with Crippen molar-refractivity contribution in [2.75, 3.05) is 33.0 Å². The molecule has 0 N–H and O–H groups in total. The van der Waals surface area contributed by atoms with Gasteiger partial charge in [-0.2, -0.15) is 0 Å². The third kappa shape index (κ3) is 5.32. The average Bonchev–Trinajstić information content (AvgIpc) is 2.66. The second-order valence-corrected chi connectivity index (χ2v) is 4.89. The van der Waals surface area contributed by atoms with Crippen molar-refractivity contribution in [1.29, 1.82) is 0 Å². The molecule has 0 spiro atoms. The van der Waals surface area contributed by atoms with Gasteiger partial charge in [0.2, 0.25) is 0 Å². The van der Waals surface area contributed by atoms with Crippen LogP contribution < -0.4 is 0 Å². The Bertz CT molecular complexity index is 202. The monoisotopic (exact) mass is 247 g/mol. The minimum atomic E-state index is -0.243. The number of rotatable bonds is 8. The van der Waals surface area contributed by atoms with Gasteiger partial charge < -0.3 is 9.47 Å². The van der Waals surface area contributed by atoms with Crippen LogP contribution in [0.5, 0.6) is 0 Å². The largest absolute Gasteiger partial charge is 0.377 e. The van der Waals surface area contributed by atoms with Gasteiger partial charge in [0, 0.05) is 25.7 Å². The fourth-order valence-electron chi connectivity index (χ4n) is 2.31. The van der Waals surface area contributed by atoms with Gasteiger partial charge in [-0.3, -0.25) is 9.29 Å². The molecular weight excluding hydrogens is 221 g/mol. The van der Waals surface area contributed by atoms with E-state index < -0.39 is 0 Å². The van der Waals surface area contributed by atoms with Crippen molar-refractivity contribution in [3.8, 4) is 0 Å². The SMILES string of the molecule is CCOC1CC(COC(C)C)N(CCCF)C1. The summed E-state index contributed by atoms with van der Waals surface area (Å²) in [5, 5.41) is 0. The van der Waals surface area contributed by atoms with Crippen molar-refractivity contribution in [3.63, 3.8) is 0 Å². The first-order valence-electron chi connectivity index (χ1n) is 6.70. The first kappa shape index (κ1) is 14.9. The van der Waals surface area contributed by atoms with E-state index in [4.69, 9.17) is 9.47 Å². The van der Waals surface area contributed by atoms with Crippen molar-refractivity contribution < 1.29 is 13.9 Å². The predicted molar refractivity (Wildman–Crippen MR) is 67.1 cm³/mol. The van der Waals surface area contributed by atoms with E-state index >= 15 is 0 Å². The van der Waals surface area contributed by atoms with Crippen molar-refractivity contribution in [1.82, 2.24) is 4.90 Å². The summed E-state index contributed by atoms with van der Waals surface area (Å²) in [5.41, 5.74) is 0. The van der Waals surface area contributed by atoms with Gasteiger partial charge in [-0.15, -0.1) is 0 Å². The molecule has 0 aromatic rings. The highest BCUT2D eigenvalue weighted by molar-refractivity contribution is 4.86. The summed E-state index contributed by atoms with van der Waals surface area (Å²) in [4.78, 5) is 2.31. The van der Waals surface area contributed by atoms with E-state index in [1.54, 1.807) is 0 Å². The Morgan fingerprint density at radius 2 is 2.18 bits per heavy atom. The highest BCUT2D eigenvalue weighted by Gasteiger charge is 2.32. The molecule has 1 aliphatic rings. The third-order valence-electron chi connectivity index (χ3n) is 3.09. The fourth-order valence-corrected chi connectivity index (χ4v) is 2.31. The smallest absolute Gasteiger partial charge is 0.0906 e. The summed E-state index contributed by atoms with van der Waals surface area (Å²) in [5.74, 6) is 0. The van der Waals surface area contributed by atoms with Gasteiger partial charge in [-0.1, -0.05) is 0 Å². The molecule has 102 valence electrons. The lowest BCUT2D eigenvalue weighted by Crippen LogP contribution is -2.35. The molecule has 0 amide bonds. The predicted octanol–water partition coefficient (Wildman–Crippen LogP) is 2.25. The normalized spacial score (nSPS) is 25.9. The molecule has 2 atom stereocenters. The van der Waals surface area contributed by atoms with Gasteiger partial charge >= 0.3 is 0 Å². The lowest BCUT2D eigenvalue weighted by Gasteiger charge is -2.24. The summed E-state index contributed by atoms with van der Waals surface area (Å²) in [6.07, 6.45) is 2.16. The molecule has 1 aliphatic heterocycles. The van der Waals surface area contributed by atoms with E-state index in [-0.39, 0.29) is 12.8 Å². The van der Waals surface area contributed by atoms with Crippen LogP contribution >= 0.6 is 0 Å². The molecule has 1 fully saturated rings. The summed E-state index contributed by atoms with van der Waals surface area (Å²) in [7, 11) is 0. The number of likely N-dealkylation sites (tertiary alicyclic amines) is 1. The van der Waals surface area contributed by atoms with Crippen LogP contribution in [0.2, 0.25) is 0 Å².